The van der Waals surface area contributed by atoms with Crippen LogP contribution in [0.5, 0.6) is 0 Å². The Balaban J connectivity index is 2.15. The molecule has 1 fully saturated rings. The maximum absolute atomic E-state index is 12.2. The number of likely N-dealkylation sites (N-methyl/N-ethyl adjacent to an activating group) is 1. The van der Waals surface area contributed by atoms with E-state index in [4.69, 9.17) is 11.6 Å². The van der Waals surface area contributed by atoms with Crippen LogP contribution in [0.25, 0.3) is 0 Å². The highest BCUT2D eigenvalue weighted by Gasteiger charge is 2.39. The Hall–Kier alpha value is -0.890. The van der Waals surface area contributed by atoms with Gasteiger partial charge in [0.05, 0.1) is 4.90 Å². The Bertz CT molecular complexity index is 650. The molecular weight excluding hydrogens is 302 g/mol. The largest absolute Gasteiger partial charge is 0.326 e. The Labute approximate surface area is 123 Å². The molecule has 8 heteroatoms. The number of pyridine rings is 1. The second-order valence-corrected chi connectivity index (χ2v) is 7.48. The zero-order valence-electron chi connectivity index (χ0n) is 11.4. The predicted octanol–water partition coefficient (Wildman–Crippen LogP) is 0.791. The van der Waals surface area contributed by atoms with Crippen molar-refractivity contribution in [3.8, 4) is 0 Å². The first-order chi connectivity index (χ1) is 9.27. The molecule has 0 spiro atoms. The third-order valence-electron chi connectivity index (χ3n) is 3.97. The molecule has 0 aliphatic heterocycles. The van der Waals surface area contributed by atoms with E-state index >= 15 is 0 Å². The fourth-order valence-electron chi connectivity index (χ4n) is 2.27. The van der Waals surface area contributed by atoms with Crippen LogP contribution < -0.4 is 10.3 Å². The summed E-state index contributed by atoms with van der Waals surface area (Å²) in [6.45, 7) is 0.346. The van der Waals surface area contributed by atoms with E-state index in [1.807, 2.05) is 14.1 Å². The molecule has 1 aliphatic rings. The van der Waals surface area contributed by atoms with Crippen molar-refractivity contribution >= 4 is 21.6 Å². The summed E-state index contributed by atoms with van der Waals surface area (Å²) in [4.78, 5) is 15.5. The second kappa shape index (κ2) is 5.48. The average Bonchev–Trinajstić information content (AvgIpc) is 2.30. The first-order valence-electron chi connectivity index (χ1n) is 6.32. The molecule has 2 N–H and O–H groups in total. The van der Waals surface area contributed by atoms with E-state index in [1.54, 1.807) is 0 Å². The first kappa shape index (κ1) is 15.5. The van der Waals surface area contributed by atoms with Crippen molar-refractivity contribution in [2.24, 2.45) is 0 Å². The molecule has 20 heavy (non-hydrogen) atoms. The third-order valence-corrected chi connectivity index (χ3v) is 5.63. The highest BCUT2D eigenvalue weighted by molar-refractivity contribution is 7.89. The van der Waals surface area contributed by atoms with Gasteiger partial charge in [-0.05, 0) is 39.4 Å². The zero-order valence-corrected chi connectivity index (χ0v) is 13.0. The van der Waals surface area contributed by atoms with Crippen LogP contribution in [-0.2, 0) is 10.0 Å². The van der Waals surface area contributed by atoms with Crippen LogP contribution in [0.3, 0.4) is 0 Å². The minimum Gasteiger partial charge on any atom is -0.326 e. The van der Waals surface area contributed by atoms with Crippen molar-refractivity contribution in [1.29, 1.82) is 0 Å². The van der Waals surface area contributed by atoms with Crippen LogP contribution in [-0.4, -0.2) is 44.5 Å². The molecule has 1 heterocycles. The van der Waals surface area contributed by atoms with Crippen molar-refractivity contribution < 1.29 is 8.42 Å². The first-order valence-corrected chi connectivity index (χ1v) is 8.18. The monoisotopic (exact) mass is 319 g/mol. The normalized spacial score (nSPS) is 18.0. The third kappa shape index (κ3) is 2.90. The zero-order chi connectivity index (χ0) is 15.0. The van der Waals surface area contributed by atoms with E-state index in [1.165, 1.54) is 0 Å². The van der Waals surface area contributed by atoms with Gasteiger partial charge in [-0.25, -0.2) is 13.1 Å². The van der Waals surface area contributed by atoms with Crippen LogP contribution in [0.2, 0.25) is 5.02 Å². The van der Waals surface area contributed by atoms with Crippen molar-refractivity contribution in [3.63, 3.8) is 0 Å². The van der Waals surface area contributed by atoms with Gasteiger partial charge < -0.3 is 9.88 Å². The van der Waals surface area contributed by atoms with Gasteiger partial charge in [0.2, 0.25) is 10.0 Å². The quantitative estimate of drug-likeness (QED) is 0.840. The molecule has 0 saturated heterocycles. The molecule has 0 radical (unpaired) electrons. The molecule has 0 aromatic carbocycles. The second-order valence-electron chi connectivity index (χ2n) is 5.31. The molecule has 1 aromatic rings. The van der Waals surface area contributed by atoms with Crippen LogP contribution in [0.4, 0.5) is 0 Å². The lowest BCUT2D eigenvalue weighted by molar-refractivity contribution is 0.0657. The summed E-state index contributed by atoms with van der Waals surface area (Å²) in [5, 5.41) is -0.140. The molecular formula is C12H18ClN3O3S. The number of hydrogen-bond acceptors (Lipinski definition) is 4. The number of nitrogens with zero attached hydrogens (tertiary/aromatic N) is 1. The minimum atomic E-state index is -3.67. The molecule has 0 atom stereocenters. The molecule has 0 bridgehead atoms. The maximum atomic E-state index is 12.2. The number of hydrogen-bond donors (Lipinski definition) is 2. The molecule has 1 aliphatic carbocycles. The number of aromatic amines is 1. The molecule has 112 valence electrons. The van der Waals surface area contributed by atoms with Crippen LogP contribution >= 0.6 is 11.6 Å². The lowest BCUT2D eigenvalue weighted by Gasteiger charge is -2.47. The fraction of sp³-hybridized carbons (Fsp3) is 0.583. The number of rotatable bonds is 5. The van der Waals surface area contributed by atoms with Crippen molar-refractivity contribution in [2.45, 2.75) is 29.7 Å². The van der Waals surface area contributed by atoms with Gasteiger partial charge in [-0.3, -0.25) is 4.79 Å². The Morgan fingerprint density at radius 1 is 1.45 bits per heavy atom. The Morgan fingerprint density at radius 2 is 2.10 bits per heavy atom. The summed E-state index contributed by atoms with van der Waals surface area (Å²) in [7, 11) is 0.224. The fourth-order valence-corrected chi connectivity index (χ4v) is 3.62. The van der Waals surface area contributed by atoms with E-state index in [0.717, 1.165) is 31.5 Å². The van der Waals surface area contributed by atoms with Crippen molar-refractivity contribution in [2.75, 3.05) is 20.6 Å². The van der Waals surface area contributed by atoms with E-state index in [-0.39, 0.29) is 15.5 Å². The Morgan fingerprint density at radius 3 is 2.55 bits per heavy atom. The molecule has 2 rings (SSSR count). The minimum absolute atomic E-state index is 0.0321. The summed E-state index contributed by atoms with van der Waals surface area (Å²) in [6.07, 6.45) is 4.19. The lowest BCUT2D eigenvalue weighted by atomic mass is 9.76. The summed E-state index contributed by atoms with van der Waals surface area (Å²) in [5.74, 6) is 0. The molecule has 0 amide bonds. The number of halogens is 1. The van der Waals surface area contributed by atoms with Crippen LogP contribution in [0, 0.1) is 0 Å². The number of nitrogens with one attached hydrogen (secondary N) is 2. The maximum Gasteiger partial charge on any atom is 0.266 e. The Kier molecular flexibility index (Phi) is 4.24. The van der Waals surface area contributed by atoms with Gasteiger partial charge in [0.15, 0.2) is 0 Å². The van der Waals surface area contributed by atoms with Gasteiger partial charge >= 0.3 is 0 Å². The van der Waals surface area contributed by atoms with Gasteiger partial charge in [0.1, 0.15) is 5.02 Å². The number of H-pyrrole nitrogens is 1. The highest BCUT2D eigenvalue weighted by Crippen LogP contribution is 2.35. The summed E-state index contributed by atoms with van der Waals surface area (Å²) >= 11 is 5.65. The topological polar surface area (TPSA) is 82.3 Å². The van der Waals surface area contributed by atoms with Crippen molar-refractivity contribution in [1.82, 2.24) is 14.6 Å². The molecule has 0 unspecified atom stereocenters. The number of sulfonamides is 1. The van der Waals surface area contributed by atoms with E-state index < -0.39 is 15.6 Å². The van der Waals surface area contributed by atoms with Crippen molar-refractivity contribution in [3.05, 3.63) is 27.6 Å². The summed E-state index contributed by atoms with van der Waals surface area (Å²) in [5.41, 5.74) is -0.617. The van der Waals surface area contributed by atoms with E-state index in [2.05, 4.69) is 14.6 Å². The van der Waals surface area contributed by atoms with Gasteiger partial charge in [-0.15, -0.1) is 0 Å². The highest BCUT2D eigenvalue weighted by atomic mass is 35.5. The lowest BCUT2D eigenvalue weighted by Crippen LogP contribution is -2.57. The molecule has 1 aromatic heterocycles. The van der Waals surface area contributed by atoms with E-state index in [0.29, 0.717) is 6.54 Å². The van der Waals surface area contributed by atoms with Gasteiger partial charge in [-0.1, -0.05) is 11.6 Å². The predicted molar refractivity (Wildman–Crippen MR) is 77.5 cm³/mol. The molecule has 1 saturated carbocycles. The van der Waals surface area contributed by atoms with Gasteiger partial charge in [-0.2, -0.15) is 0 Å². The van der Waals surface area contributed by atoms with Gasteiger partial charge in [0, 0.05) is 18.3 Å². The smallest absolute Gasteiger partial charge is 0.266 e. The summed E-state index contributed by atoms with van der Waals surface area (Å²) in [6, 6.07) is 1.16. The molecule has 6 nitrogen and oxygen atoms in total. The summed E-state index contributed by atoms with van der Waals surface area (Å²) < 4.78 is 27.0. The average molecular weight is 320 g/mol. The van der Waals surface area contributed by atoms with Crippen LogP contribution in [0.1, 0.15) is 19.3 Å². The SMILES string of the molecule is CN(C)C1(CNS(=O)(=O)c2c[nH]c(=O)c(Cl)c2)CCC1. The standard InChI is InChI=1S/C12H18ClN3O3S/c1-16(2)12(4-3-5-12)8-15-20(18,19)9-6-10(13)11(17)14-7-9/h6-7,15H,3-5,8H2,1-2H3,(H,14,17). The van der Waals surface area contributed by atoms with Crippen LogP contribution in [0.15, 0.2) is 22.0 Å². The van der Waals surface area contributed by atoms with E-state index in [9.17, 15) is 13.2 Å². The van der Waals surface area contributed by atoms with Gasteiger partial charge in [0.25, 0.3) is 5.56 Å². The number of aromatic nitrogens is 1.